The van der Waals surface area contributed by atoms with Crippen LogP contribution in [0.3, 0.4) is 0 Å². The van der Waals surface area contributed by atoms with Crippen molar-refractivity contribution in [3.63, 3.8) is 0 Å². The van der Waals surface area contributed by atoms with Crippen molar-refractivity contribution in [3.05, 3.63) is 64.4 Å². The van der Waals surface area contributed by atoms with Gasteiger partial charge < -0.3 is 10.6 Å². The molecule has 1 spiro atoms. The Balaban J connectivity index is 1.94. The van der Waals surface area contributed by atoms with E-state index in [-0.39, 0.29) is 11.7 Å². The number of hydrogen-bond acceptors (Lipinski definition) is 2. The van der Waals surface area contributed by atoms with Crippen LogP contribution in [0.15, 0.2) is 42.5 Å². The summed E-state index contributed by atoms with van der Waals surface area (Å²) in [6.07, 6.45) is 0.616. The van der Waals surface area contributed by atoms with Crippen molar-refractivity contribution in [3.8, 4) is 0 Å². The van der Waals surface area contributed by atoms with Crippen molar-refractivity contribution in [2.24, 2.45) is 0 Å². The lowest BCUT2D eigenvalue weighted by molar-refractivity contribution is -0.121. The minimum absolute atomic E-state index is 0.0944. The molecule has 3 nitrogen and oxygen atoms in total. The molecule has 22 heavy (non-hydrogen) atoms. The molecule has 112 valence electrons. The first-order valence-corrected chi connectivity index (χ1v) is 7.60. The summed E-state index contributed by atoms with van der Waals surface area (Å²) in [5, 5.41) is 6.54. The molecule has 0 aliphatic carbocycles. The first-order valence-electron chi connectivity index (χ1n) is 7.23. The van der Waals surface area contributed by atoms with E-state index in [1.807, 2.05) is 24.3 Å². The third kappa shape index (κ3) is 1.68. The van der Waals surface area contributed by atoms with E-state index in [1.165, 1.54) is 6.07 Å². The molecular weight excluding hydrogens is 303 g/mol. The average molecular weight is 317 g/mol. The molecule has 2 aromatic carbocycles. The molecule has 2 atom stereocenters. The van der Waals surface area contributed by atoms with E-state index in [4.69, 9.17) is 11.6 Å². The minimum Gasteiger partial charge on any atom is -0.325 e. The van der Waals surface area contributed by atoms with Crippen LogP contribution in [0.4, 0.5) is 10.1 Å². The van der Waals surface area contributed by atoms with Gasteiger partial charge in [-0.1, -0.05) is 35.9 Å². The normalized spacial score (nSPS) is 26.3. The van der Waals surface area contributed by atoms with Crippen LogP contribution in [0.2, 0.25) is 5.02 Å². The number of para-hydroxylation sites is 1. The van der Waals surface area contributed by atoms with Crippen molar-refractivity contribution < 1.29 is 9.18 Å². The first-order chi connectivity index (χ1) is 10.6. The summed E-state index contributed by atoms with van der Waals surface area (Å²) in [7, 11) is 0. The highest BCUT2D eigenvalue weighted by atomic mass is 35.5. The van der Waals surface area contributed by atoms with Gasteiger partial charge in [-0.15, -0.1) is 0 Å². The molecule has 2 aliphatic heterocycles. The molecule has 2 aliphatic rings. The molecule has 2 N–H and O–H groups in total. The Bertz CT molecular complexity index is 759. The van der Waals surface area contributed by atoms with E-state index in [9.17, 15) is 9.18 Å². The van der Waals surface area contributed by atoms with Crippen LogP contribution in [0.25, 0.3) is 0 Å². The molecule has 2 heterocycles. The molecule has 4 rings (SSSR count). The van der Waals surface area contributed by atoms with E-state index in [2.05, 4.69) is 10.6 Å². The standard InChI is InChI=1S/C17H14ClFN2O/c18-11-5-3-6-12(19)14(11)15-17(8-9-20-15)10-4-1-2-7-13(10)21-16(17)22/h1-7,15,20H,8-9H2,(H,21,22)/t15-,17+/m0/s1. The summed E-state index contributed by atoms with van der Waals surface area (Å²) in [5.41, 5.74) is 1.28. The second kappa shape index (κ2) is 4.80. The van der Waals surface area contributed by atoms with Gasteiger partial charge in [0, 0.05) is 16.3 Å². The number of benzene rings is 2. The summed E-state index contributed by atoms with van der Waals surface area (Å²) in [6, 6.07) is 11.7. The molecule has 0 unspecified atom stereocenters. The Labute approximate surface area is 132 Å². The number of hydrogen-bond donors (Lipinski definition) is 2. The highest BCUT2D eigenvalue weighted by Gasteiger charge is 2.56. The van der Waals surface area contributed by atoms with Crippen molar-refractivity contribution in [1.29, 1.82) is 0 Å². The Morgan fingerprint density at radius 2 is 2.00 bits per heavy atom. The van der Waals surface area contributed by atoms with Gasteiger partial charge in [-0.25, -0.2) is 4.39 Å². The number of carbonyl (C=O) groups is 1. The van der Waals surface area contributed by atoms with E-state index in [1.54, 1.807) is 12.1 Å². The second-order valence-corrected chi connectivity index (χ2v) is 6.15. The van der Waals surface area contributed by atoms with Crippen molar-refractivity contribution in [2.75, 3.05) is 11.9 Å². The Kier molecular flexibility index (Phi) is 2.99. The zero-order chi connectivity index (χ0) is 15.3. The third-order valence-corrected chi connectivity index (χ3v) is 5.04. The number of fused-ring (bicyclic) bond motifs is 2. The van der Waals surface area contributed by atoms with E-state index in [0.29, 0.717) is 23.6 Å². The predicted octanol–water partition coefficient (Wildman–Crippen LogP) is 3.40. The Hall–Kier alpha value is -1.91. The molecular formula is C17H14ClFN2O. The topological polar surface area (TPSA) is 41.1 Å². The Morgan fingerprint density at radius 3 is 2.82 bits per heavy atom. The van der Waals surface area contributed by atoms with E-state index >= 15 is 0 Å². The fourth-order valence-corrected chi connectivity index (χ4v) is 4.01. The van der Waals surface area contributed by atoms with Crippen LogP contribution in [-0.4, -0.2) is 12.5 Å². The summed E-state index contributed by atoms with van der Waals surface area (Å²) in [6.45, 7) is 0.636. The van der Waals surface area contributed by atoms with Crippen LogP contribution < -0.4 is 10.6 Å². The smallest absolute Gasteiger partial charge is 0.237 e. The lowest BCUT2D eigenvalue weighted by atomic mass is 9.73. The monoisotopic (exact) mass is 316 g/mol. The maximum Gasteiger partial charge on any atom is 0.237 e. The van der Waals surface area contributed by atoms with Crippen LogP contribution >= 0.6 is 11.6 Å². The summed E-state index contributed by atoms with van der Waals surface area (Å²) < 4.78 is 14.4. The number of carbonyl (C=O) groups excluding carboxylic acids is 1. The number of amides is 1. The second-order valence-electron chi connectivity index (χ2n) is 5.74. The minimum atomic E-state index is -0.803. The van der Waals surface area contributed by atoms with Gasteiger partial charge >= 0.3 is 0 Å². The van der Waals surface area contributed by atoms with Gasteiger partial charge in [-0.3, -0.25) is 4.79 Å². The van der Waals surface area contributed by atoms with Crippen LogP contribution in [0.5, 0.6) is 0 Å². The average Bonchev–Trinajstić information content (AvgIpc) is 3.04. The molecule has 0 saturated carbocycles. The largest absolute Gasteiger partial charge is 0.325 e. The van der Waals surface area contributed by atoms with Crippen LogP contribution in [0, 0.1) is 5.82 Å². The van der Waals surface area contributed by atoms with Crippen molar-refractivity contribution in [2.45, 2.75) is 17.9 Å². The van der Waals surface area contributed by atoms with Gasteiger partial charge in [0.25, 0.3) is 0 Å². The van der Waals surface area contributed by atoms with Crippen molar-refractivity contribution >= 4 is 23.2 Å². The zero-order valence-corrected chi connectivity index (χ0v) is 12.5. The Morgan fingerprint density at radius 1 is 1.18 bits per heavy atom. The quantitative estimate of drug-likeness (QED) is 0.846. The molecule has 1 amide bonds. The fraction of sp³-hybridized carbons (Fsp3) is 0.235. The third-order valence-electron chi connectivity index (χ3n) is 4.71. The number of rotatable bonds is 1. The van der Waals surface area contributed by atoms with Gasteiger partial charge in [0.15, 0.2) is 0 Å². The summed E-state index contributed by atoms with van der Waals surface area (Å²) in [5.74, 6) is -0.480. The highest BCUT2D eigenvalue weighted by molar-refractivity contribution is 6.31. The lowest BCUT2D eigenvalue weighted by Gasteiger charge is -2.30. The molecule has 1 fully saturated rings. The molecule has 0 radical (unpaired) electrons. The molecule has 0 bridgehead atoms. The predicted molar refractivity (Wildman–Crippen MR) is 83.5 cm³/mol. The SMILES string of the molecule is O=C1Nc2ccccc2[C@@]12CCN[C@H]2c1c(F)cccc1Cl. The van der Waals surface area contributed by atoms with Crippen LogP contribution in [-0.2, 0) is 10.2 Å². The van der Waals surface area contributed by atoms with E-state index in [0.717, 1.165) is 11.3 Å². The fourth-order valence-electron chi connectivity index (χ4n) is 3.74. The maximum absolute atomic E-state index is 14.4. The number of nitrogens with one attached hydrogen (secondary N) is 2. The maximum atomic E-state index is 14.4. The van der Waals surface area contributed by atoms with E-state index < -0.39 is 11.5 Å². The zero-order valence-electron chi connectivity index (χ0n) is 11.7. The summed E-state index contributed by atoms with van der Waals surface area (Å²) >= 11 is 6.23. The summed E-state index contributed by atoms with van der Waals surface area (Å²) in [4.78, 5) is 12.7. The molecule has 1 saturated heterocycles. The van der Waals surface area contributed by atoms with Crippen molar-refractivity contribution in [1.82, 2.24) is 5.32 Å². The molecule has 0 aromatic heterocycles. The van der Waals surface area contributed by atoms with Gasteiger partial charge in [0.2, 0.25) is 5.91 Å². The highest BCUT2D eigenvalue weighted by Crippen LogP contribution is 2.52. The van der Waals surface area contributed by atoms with Crippen LogP contribution in [0.1, 0.15) is 23.6 Å². The number of anilines is 1. The molecule has 5 heteroatoms. The first kappa shape index (κ1) is 13.7. The van der Waals surface area contributed by atoms with Gasteiger partial charge in [0.1, 0.15) is 5.82 Å². The lowest BCUT2D eigenvalue weighted by Crippen LogP contribution is -2.40. The van der Waals surface area contributed by atoms with Gasteiger partial charge in [0.05, 0.1) is 11.5 Å². The molecule has 2 aromatic rings. The van der Waals surface area contributed by atoms with Gasteiger partial charge in [-0.05, 0) is 36.7 Å². The van der Waals surface area contributed by atoms with Gasteiger partial charge in [-0.2, -0.15) is 0 Å². The number of halogens is 2.